The van der Waals surface area contributed by atoms with Crippen LogP contribution < -0.4 is 27.0 Å². The molecule has 3 fully saturated rings. The molecule has 5 heterocycles. The molecule has 12 rings (SSSR count). The summed E-state index contributed by atoms with van der Waals surface area (Å²) in [7, 11) is 0. The number of alkyl carbamates (subject to hydrolysis) is 3. The highest BCUT2D eigenvalue weighted by Crippen LogP contribution is 2.46. The number of aliphatic hydroxyl groups excluding tert-OH is 5. The van der Waals surface area contributed by atoms with E-state index in [1.165, 1.54) is 39.7 Å². The molecule has 3 saturated heterocycles. The zero-order valence-electron chi connectivity index (χ0n) is 79.7. The number of hydrogen-bond donors (Lipinski definition) is 12. The van der Waals surface area contributed by atoms with Crippen LogP contribution in [-0.4, -0.2) is 199 Å². The standard InChI is InChI=1S/C18H26N2O3.C18H27NO4.C13H17NO2.2C13H19NO2.C13H17NO.C9H17NO2.C9H11NO/c1-18(2,3)22-17(21)19-12-11-16-13-15(20-23-16)10-9-14-7-5-4-6-8-14;1-18(2,3)23-17(22)19-12-11-16(21)13-15(20)10-9-14-7-5-4-6-8-14;15-12-7-9-14-13(10-12,16-14)8-6-11-4-2-1-3-5-11;15-12-7-9-14-13(16,10-12)8-6-11-4-2-1-3-5-11;14-9-8-13(16)10-12(15)7-6-11-4-2-1-3-5-11;15-13-8-9-14-12(10-13)7-6-11-4-2-1-3-5-11;1-5-6-7-10-8(11)12-9(2,3)4;11-10-8-4-7-9-5-2-1-3-6-9/h4-8,16H,9-13H2,1-3H3,(H,19,21);4-8,16,21H,9-13H2,1-3H3,(H,19,22);1-5,12,15H,6-10H2;1-5,12,14-16H,6-10H2;1-5,13,16H,6-10,14H2;1-5,13,15H,6-10H2;5H,1,6-7H2,2-4H3,(H,10,11);1-3,5-6,8,11H,4,7H2/b;;;;;;;10-8+. The van der Waals surface area contributed by atoms with Crippen molar-refractivity contribution in [3.63, 3.8) is 0 Å². The van der Waals surface area contributed by atoms with Gasteiger partial charge in [0.05, 0.1) is 36.2 Å². The first kappa shape index (κ1) is 112. The van der Waals surface area contributed by atoms with Crippen molar-refractivity contribution in [2.45, 2.75) is 301 Å². The molecule has 5 aliphatic heterocycles. The molecular formula is C106H153N9O17. The topological polar surface area (TPSA) is 391 Å². The minimum absolute atomic E-state index is 0.0265. The number of fused-ring (bicyclic) bond motifs is 1. The number of hydrogen-bond acceptors (Lipinski definition) is 23. The van der Waals surface area contributed by atoms with Crippen LogP contribution in [0.4, 0.5) is 14.4 Å². The molecule has 26 nitrogen and oxygen atoms in total. The summed E-state index contributed by atoms with van der Waals surface area (Å²) in [6.07, 6.45) is 19.3. The predicted molar refractivity (Wildman–Crippen MR) is 524 cm³/mol. The number of ketones is 2. The lowest BCUT2D eigenvalue weighted by Crippen LogP contribution is -2.52. The number of ether oxygens (including phenoxy) is 3. The number of nitrogens with two attached hydrogens (primary N) is 1. The highest BCUT2D eigenvalue weighted by Gasteiger charge is 2.57. The van der Waals surface area contributed by atoms with Crippen LogP contribution >= 0.6 is 0 Å². The molecule has 7 aromatic rings. The summed E-state index contributed by atoms with van der Waals surface area (Å²) in [6.45, 7) is 24.1. The van der Waals surface area contributed by atoms with E-state index in [9.17, 15) is 54.6 Å². The molecule has 3 amide bonds. The fourth-order valence-electron chi connectivity index (χ4n) is 14.2. The summed E-state index contributed by atoms with van der Waals surface area (Å²) in [6, 6.07) is 71.1. The first-order valence-electron chi connectivity index (χ1n) is 46.9. The summed E-state index contributed by atoms with van der Waals surface area (Å²) in [5.41, 5.74) is 13.9. The van der Waals surface area contributed by atoms with E-state index < -0.39 is 40.8 Å². The molecule has 132 heavy (non-hydrogen) atoms. The van der Waals surface area contributed by atoms with Crippen LogP contribution in [0.15, 0.2) is 240 Å². The second kappa shape index (κ2) is 62.9. The summed E-state index contributed by atoms with van der Waals surface area (Å²) < 4.78 is 15.3. The second-order valence-electron chi connectivity index (χ2n) is 36.6. The van der Waals surface area contributed by atoms with Crippen molar-refractivity contribution in [2.75, 3.05) is 45.8 Å². The molecular weight excluding hydrogens is 1670 g/mol. The molecule has 0 spiro atoms. The third-order valence-electron chi connectivity index (χ3n) is 21.2. The Kier molecular flexibility index (Phi) is 53.5. The molecule has 0 saturated carbocycles. The van der Waals surface area contributed by atoms with Crippen molar-refractivity contribution >= 4 is 47.5 Å². The first-order valence-corrected chi connectivity index (χ1v) is 46.9. The van der Waals surface area contributed by atoms with E-state index in [2.05, 4.69) is 128 Å². The average Bonchev–Trinajstić information content (AvgIpc) is 1.58. The molecule has 7 aromatic carbocycles. The Balaban J connectivity index is 0.000000270. The molecule has 724 valence electrons. The molecule has 0 bridgehead atoms. The largest absolute Gasteiger partial charge is 0.444 e. The van der Waals surface area contributed by atoms with E-state index in [1.807, 2.05) is 174 Å². The molecule has 0 aromatic heterocycles. The lowest BCUT2D eigenvalue weighted by molar-refractivity contribution is -0.121. The number of oxime groups is 2. The number of hydroxylamine groups is 2. The van der Waals surface area contributed by atoms with Crippen LogP contribution in [-0.2, 0) is 78.4 Å². The van der Waals surface area contributed by atoms with Crippen LogP contribution in [0.5, 0.6) is 0 Å². The van der Waals surface area contributed by atoms with Crippen LogP contribution in [0.2, 0.25) is 0 Å². The third kappa shape index (κ3) is 54.6. The van der Waals surface area contributed by atoms with Crippen LogP contribution in [0, 0.1) is 0 Å². The number of amides is 3. The van der Waals surface area contributed by atoms with Gasteiger partial charge in [0.1, 0.15) is 40.2 Å². The summed E-state index contributed by atoms with van der Waals surface area (Å²) in [5, 5.41) is 86.4. The van der Waals surface area contributed by atoms with Gasteiger partial charge in [0.15, 0.2) is 5.72 Å². The lowest BCUT2D eigenvalue weighted by Gasteiger charge is -2.36. The number of aryl methyl sites for hydroxylation is 7. The van der Waals surface area contributed by atoms with Crippen molar-refractivity contribution in [3.8, 4) is 0 Å². The number of benzene rings is 7. The van der Waals surface area contributed by atoms with E-state index in [-0.39, 0.29) is 73.3 Å². The van der Waals surface area contributed by atoms with Crippen molar-refractivity contribution < 1.29 is 83.7 Å². The second-order valence-corrected chi connectivity index (χ2v) is 36.6. The van der Waals surface area contributed by atoms with E-state index >= 15 is 0 Å². The Labute approximate surface area is 784 Å². The highest BCUT2D eigenvalue weighted by molar-refractivity contribution is 5.86. The maximum Gasteiger partial charge on any atom is 0.407 e. The van der Waals surface area contributed by atoms with E-state index in [4.69, 9.17) is 34.8 Å². The van der Waals surface area contributed by atoms with Gasteiger partial charge in [-0.1, -0.05) is 224 Å². The molecule has 9 unspecified atom stereocenters. The van der Waals surface area contributed by atoms with Gasteiger partial charge in [0.25, 0.3) is 0 Å². The summed E-state index contributed by atoms with van der Waals surface area (Å²) in [4.78, 5) is 72.8. The molecule has 0 radical (unpaired) electrons. The Hall–Kier alpha value is -10.4. The zero-order valence-corrected chi connectivity index (χ0v) is 79.7. The van der Waals surface area contributed by atoms with Crippen molar-refractivity contribution in [1.29, 1.82) is 0 Å². The number of piperidine rings is 2. The van der Waals surface area contributed by atoms with Gasteiger partial charge in [0.2, 0.25) is 0 Å². The van der Waals surface area contributed by atoms with Gasteiger partial charge in [-0.05, 0) is 223 Å². The van der Waals surface area contributed by atoms with Crippen LogP contribution in [0.3, 0.4) is 0 Å². The van der Waals surface area contributed by atoms with Gasteiger partial charge in [-0.2, -0.15) is 5.06 Å². The van der Waals surface area contributed by atoms with Crippen molar-refractivity contribution in [2.24, 2.45) is 21.0 Å². The van der Waals surface area contributed by atoms with Crippen LogP contribution in [0.1, 0.15) is 230 Å². The molecule has 9 atom stereocenters. The van der Waals surface area contributed by atoms with Gasteiger partial charge in [-0.3, -0.25) is 24.7 Å². The van der Waals surface area contributed by atoms with E-state index in [0.29, 0.717) is 71.1 Å². The highest BCUT2D eigenvalue weighted by atomic mass is 16.9. The number of nitrogens with one attached hydrogen (secondary N) is 4. The summed E-state index contributed by atoms with van der Waals surface area (Å²) >= 11 is 0. The molecule has 26 heteroatoms. The van der Waals surface area contributed by atoms with Crippen molar-refractivity contribution in [1.82, 2.24) is 26.3 Å². The number of Topliss-reactive ketones (excluding diaryl/α,β-unsaturated/α-hetero) is 2. The van der Waals surface area contributed by atoms with Gasteiger partial charge < -0.3 is 76.6 Å². The van der Waals surface area contributed by atoms with Gasteiger partial charge in [0, 0.05) is 109 Å². The molecule has 5 aliphatic rings. The minimum Gasteiger partial charge on any atom is -0.444 e. The zero-order chi connectivity index (χ0) is 96.3. The maximum absolute atomic E-state index is 11.8. The Morgan fingerprint density at radius 1 is 0.515 bits per heavy atom. The number of aliphatic hydroxyl groups is 6. The molecule has 0 aliphatic carbocycles. The monoisotopic (exact) mass is 1820 g/mol. The maximum atomic E-state index is 11.8. The van der Waals surface area contributed by atoms with Crippen molar-refractivity contribution in [3.05, 3.63) is 264 Å². The quantitative estimate of drug-likeness (QED) is 0.00330. The number of nitrogens with zero attached hydrogens (tertiary/aromatic N) is 4. The van der Waals surface area contributed by atoms with Gasteiger partial charge >= 0.3 is 18.3 Å². The third-order valence-corrected chi connectivity index (χ3v) is 21.2. The fraction of sp³-hybridized carbons (Fsp3) is 0.509. The summed E-state index contributed by atoms with van der Waals surface area (Å²) in [5.74, 6) is 0.128. The number of carbonyl (C=O) groups excluding carboxylic acids is 5. The van der Waals surface area contributed by atoms with Gasteiger partial charge in [-0.25, -0.2) is 14.4 Å². The Morgan fingerprint density at radius 2 is 0.924 bits per heavy atom. The lowest BCUT2D eigenvalue weighted by atomic mass is 9.92. The number of rotatable bonds is 36. The van der Waals surface area contributed by atoms with Gasteiger partial charge in [-0.15, -0.1) is 11.7 Å². The average molecular weight is 1830 g/mol. The Morgan fingerprint density at radius 3 is 1.36 bits per heavy atom. The fourth-order valence-corrected chi connectivity index (χ4v) is 14.2. The van der Waals surface area contributed by atoms with E-state index in [1.54, 1.807) is 26.8 Å². The predicted octanol–water partition coefficient (Wildman–Crippen LogP) is 17.0. The Bertz CT molecular complexity index is 4340. The first-order chi connectivity index (χ1) is 63.1. The minimum atomic E-state index is -0.895. The smallest absolute Gasteiger partial charge is 0.407 e. The number of aliphatic imine (C=N–C) groups is 1. The normalized spacial score (nSPS) is 19.1. The molecule has 13 N–H and O–H groups in total. The van der Waals surface area contributed by atoms with Crippen LogP contribution in [0.25, 0.3) is 0 Å². The van der Waals surface area contributed by atoms with E-state index in [0.717, 1.165) is 146 Å². The SMILES string of the molecule is C=CCCNC(=O)OC(C)(C)C.CC(C)(C)OC(=O)NCCC(O)CC(=O)CCc1ccccc1.CC(C)(C)OC(=O)NCCC1CC(CCc2ccccc2)=NO1.NCCC(O)CC(=O)CCc1ccccc1.O/N=C/CCc1ccccc1.OC1CCN2OC2(CCc2ccccc2)C1.OC1CCN=C(CCc2ccccc2)C1.OC1CCNC(O)(CCc2ccccc2)C1. The number of carbonyl (C=O) groups is 5.